The molecule has 0 fully saturated rings. The average molecular weight is 338 g/mol. The molecular formula is C15H13BrFNO2. The van der Waals surface area contributed by atoms with Crippen LogP contribution in [-0.4, -0.2) is 17.6 Å². The Morgan fingerprint density at radius 1 is 1.30 bits per heavy atom. The highest BCUT2D eigenvalue weighted by atomic mass is 79.9. The summed E-state index contributed by atoms with van der Waals surface area (Å²) in [6, 6.07) is 10.7. The van der Waals surface area contributed by atoms with Crippen LogP contribution >= 0.6 is 15.9 Å². The topological polar surface area (TPSA) is 40.5 Å². The first-order valence-corrected chi connectivity index (χ1v) is 6.88. The summed E-state index contributed by atoms with van der Waals surface area (Å²) < 4.78 is 14.5. The summed E-state index contributed by atoms with van der Waals surface area (Å²) >= 11 is 3.21. The van der Waals surface area contributed by atoms with Gasteiger partial charge in [-0.15, -0.1) is 0 Å². The highest BCUT2D eigenvalue weighted by Gasteiger charge is 2.21. The minimum absolute atomic E-state index is 0.137. The number of halogens is 2. The third-order valence-corrected chi connectivity index (χ3v) is 3.39. The number of aromatic hydroxyl groups is 1. The number of hydrogen-bond acceptors (Lipinski definition) is 2. The Labute approximate surface area is 124 Å². The Hall–Kier alpha value is -1.88. The minimum Gasteiger partial charge on any atom is -0.507 e. The van der Waals surface area contributed by atoms with Crippen LogP contribution in [-0.2, 0) is 0 Å². The van der Waals surface area contributed by atoms with E-state index in [1.807, 2.05) is 0 Å². The van der Waals surface area contributed by atoms with Crippen LogP contribution in [0.4, 0.5) is 10.1 Å². The molecule has 0 unspecified atom stereocenters. The Bertz CT molecular complexity index is 646. The maximum Gasteiger partial charge on any atom is 0.262 e. The van der Waals surface area contributed by atoms with Gasteiger partial charge in [-0.05, 0) is 37.3 Å². The third-order valence-electron chi connectivity index (χ3n) is 2.89. The van der Waals surface area contributed by atoms with E-state index in [1.54, 1.807) is 25.1 Å². The summed E-state index contributed by atoms with van der Waals surface area (Å²) in [6.07, 6.45) is 0. The fraction of sp³-hybridized carbons (Fsp3) is 0.133. The molecule has 104 valence electrons. The fourth-order valence-corrected chi connectivity index (χ4v) is 2.27. The number of hydrogen-bond donors (Lipinski definition) is 1. The van der Waals surface area contributed by atoms with Gasteiger partial charge in [-0.1, -0.05) is 28.1 Å². The summed E-state index contributed by atoms with van der Waals surface area (Å²) in [6.45, 7) is 2.05. The molecule has 2 aromatic rings. The van der Waals surface area contributed by atoms with Crippen LogP contribution in [0.5, 0.6) is 5.75 Å². The van der Waals surface area contributed by atoms with E-state index in [-0.39, 0.29) is 17.0 Å². The zero-order valence-corrected chi connectivity index (χ0v) is 12.4. The molecule has 3 nitrogen and oxygen atoms in total. The first-order chi connectivity index (χ1) is 9.54. The molecule has 20 heavy (non-hydrogen) atoms. The molecule has 0 saturated carbocycles. The van der Waals surface area contributed by atoms with Gasteiger partial charge in [0.05, 0.1) is 11.3 Å². The lowest BCUT2D eigenvalue weighted by molar-refractivity contribution is 0.0985. The van der Waals surface area contributed by atoms with Crippen LogP contribution in [0, 0.1) is 5.82 Å². The number of phenols is 1. The number of nitrogens with zero attached hydrogens (tertiary/aromatic N) is 1. The molecule has 0 aromatic heterocycles. The van der Waals surface area contributed by atoms with Crippen LogP contribution < -0.4 is 4.90 Å². The van der Waals surface area contributed by atoms with Crippen molar-refractivity contribution in [2.24, 2.45) is 0 Å². The number of amides is 1. The molecule has 0 spiro atoms. The summed E-state index contributed by atoms with van der Waals surface area (Å²) in [5.41, 5.74) is 0.334. The van der Waals surface area contributed by atoms with Crippen molar-refractivity contribution in [1.29, 1.82) is 0 Å². The summed E-state index contributed by atoms with van der Waals surface area (Å²) in [4.78, 5) is 13.7. The smallest absolute Gasteiger partial charge is 0.262 e. The van der Waals surface area contributed by atoms with Crippen LogP contribution in [0.1, 0.15) is 17.3 Å². The Morgan fingerprint density at radius 2 is 2.00 bits per heavy atom. The van der Waals surface area contributed by atoms with E-state index >= 15 is 0 Å². The third kappa shape index (κ3) is 2.82. The summed E-state index contributed by atoms with van der Waals surface area (Å²) in [7, 11) is 0. The van der Waals surface area contributed by atoms with Crippen molar-refractivity contribution in [3.63, 3.8) is 0 Å². The number of anilines is 1. The molecule has 0 heterocycles. The van der Waals surface area contributed by atoms with Gasteiger partial charge in [0.1, 0.15) is 11.6 Å². The maximum atomic E-state index is 13.8. The Balaban J connectivity index is 2.42. The Morgan fingerprint density at radius 3 is 2.60 bits per heavy atom. The fourth-order valence-electron chi connectivity index (χ4n) is 1.93. The second kappa shape index (κ2) is 6.05. The first kappa shape index (κ1) is 14.5. The molecule has 0 atom stereocenters. The SMILES string of the molecule is CCN(C(=O)c1ccc(Br)cc1O)c1ccccc1F. The molecule has 0 aliphatic rings. The van der Waals surface area contributed by atoms with E-state index < -0.39 is 11.7 Å². The highest BCUT2D eigenvalue weighted by Crippen LogP contribution is 2.26. The standard InChI is InChI=1S/C15H13BrFNO2/c1-2-18(13-6-4-3-5-12(13)17)15(20)11-8-7-10(16)9-14(11)19/h3-9,19H,2H2,1H3. The molecule has 5 heteroatoms. The van der Waals surface area contributed by atoms with Crippen molar-refractivity contribution >= 4 is 27.5 Å². The molecule has 1 amide bonds. The monoisotopic (exact) mass is 337 g/mol. The van der Waals surface area contributed by atoms with E-state index in [4.69, 9.17) is 0 Å². The van der Waals surface area contributed by atoms with Crippen LogP contribution in [0.3, 0.4) is 0 Å². The van der Waals surface area contributed by atoms with Gasteiger partial charge in [-0.3, -0.25) is 4.79 Å². The van der Waals surface area contributed by atoms with Crippen LogP contribution in [0.2, 0.25) is 0 Å². The van der Waals surface area contributed by atoms with E-state index in [1.165, 1.54) is 29.2 Å². The van der Waals surface area contributed by atoms with Gasteiger partial charge < -0.3 is 10.0 Å². The van der Waals surface area contributed by atoms with E-state index in [9.17, 15) is 14.3 Å². The van der Waals surface area contributed by atoms with Gasteiger partial charge in [-0.25, -0.2) is 4.39 Å². The van der Waals surface area contributed by atoms with Gasteiger partial charge in [0.15, 0.2) is 0 Å². The maximum absolute atomic E-state index is 13.8. The molecule has 0 bridgehead atoms. The molecule has 2 aromatic carbocycles. The number of benzene rings is 2. The zero-order chi connectivity index (χ0) is 14.7. The largest absolute Gasteiger partial charge is 0.507 e. The Kier molecular flexibility index (Phi) is 4.39. The predicted octanol–water partition coefficient (Wildman–Crippen LogP) is 3.96. The van der Waals surface area contributed by atoms with Crippen molar-refractivity contribution in [2.45, 2.75) is 6.92 Å². The molecule has 0 aliphatic heterocycles. The number of carbonyl (C=O) groups is 1. The molecule has 0 radical (unpaired) electrons. The molecular weight excluding hydrogens is 325 g/mol. The van der Waals surface area contributed by atoms with Crippen molar-refractivity contribution < 1.29 is 14.3 Å². The van der Waals surface area contributed by atoms with Crippen molar-refractivity contribution in [2.75, 3.05) is 11.4 Å². The summed E-state index contributed by atoms with van der Waals surface area (Å²) in [5.74, 6) is -1.05. The number of phenolic OH excluding ortho intramolecular Hbond substituents is 1. The second-order valence-corrected chi connectivity index (χ2v) is 5.08. The zero-order valence-electron chi connectivity index (χ0n) is 10.8. The van der Waals surface area contributed by atoms with E-state index in [2.05, 4.69) is 15.9 Å². The number of rotatable bonds is 3. The van der Waals surface area contributed by atoms with Crippen molar-refractivity contribution in [1.82, 2.24) is 0 Å². The highest BCUT2D eigenvalue weighted by molar-refractivity contribution is 9.10. The minimum atomic E-state index is -0.473. The lowest BCUT2D eigenvalue weighted by Crippen LogP contribution is -2.31. The second-order valence-electron chi connectivity index (χ2n) is 4.16. The van der Waals surface area contributed by atoms with Gasteiger partial charge in [0.25, 0.3) is 5.91 Å². The van der Waals surface area contributed by atoms with Gasteiger partial charge >= 0.3 is 0 Å². The normalized spacial score (nSPS) is 10.3. The van der Waals surface area contributed by atoms with E-state index in [0.29, 0.717) is 11.0 Å². The van der Waals surface area contributed by atoms with Crippen molar-refractivity contribution in [3.05, 3.63) is 58.3 Å². The number of para-hydroxylation sites is 1. The van der Waals surface area contributed by atoms with Crippen LogP contribution in [0.25, 0.3) is 0 Å². The quantitative estimate of drug-likeness (QED) is 0.920. The molecule has 0 saturated heterocycles. The average Bonchev–Trinajstić information content (AvgIpc) is 2.41. The predicted molar refractivity (Wildman–Crippen MR) is 79.6 cm³/mol. The van der Waals surface area contributed by atoms with Crippen molar-refractivity contribution in [3.8, 4) is 5.75 Å². The lowest BCUT2D eigenvalue weighted by Gasteiger charge is -2.22. The van der Waals surface area contributed by atoms with Gasteiger partial charge in [-0.2, -0.15) is 0 Å². The van der Waals surface area contributed by atoms with Crippen LogP contribution in [0.15, 0.2) is 46.9 Å². The lowest BCUT2D eigenvalue weighted by atomic mass is 10.1. The first-order valence-electron chi connectivity index (χ1n) is 6.09. The van der Waals surface area contributed by atoms with Gasteiger partial charge in [0.2, 0.25) is 0 Å². The number of carbonyl (C=O) groups excluding carboxylic acids is 1. The molecule has 0 aliphatic carbocycles. The molecule has 2 rings (SSSR count). The van der Waals surface area contributed by atoms with E-state index in [0.717, 1.165) is 0 Å². The van der Waals surface area contributed by atoms with Gasteiger partial charge in [0, 0.05) is 11.0 Å². The molecule has 1 N–H and O–H groups in total. The summed E-state index contributed by atoms with van der Waals surface area (Å²) in [5, 5.41) is 9.85.